The quantitative estimate of drug-likeness (QED) is 0.0608. The molecule has 3 heterocycles. The zero-order valence-electron chi connectivity index (χ0n) is 29.4. The van der Waals surface area contributed by atoms with Crippen LogP contribution in [0.5, 0.6) is 0 Å². The number of rotatable bonds is 18. The maximum absolute atomic E-state index is 13.8. The molecule has 1 amide bonds. The second-order valence-electron chi connectivity index (χ2n) is 13.0. The number of carbonyl (C=O) groups excluding carboxylic acids is 2. The van der Waals surface area contributed by atoms with Crippen LogP contribution in [0.4, 0.5) is 0 Å². The first-order valence-electron chi connectivity index (χ1n) is 18.0. The lowest BCUT2D eigenvalue weighted by Crippen LogP contribution is -2.40. The van der Waals surface area contributed by atoms with Crippen LogP contribution in [-0.4, -0.2) is 80.9 Å². The Morgan fingerprint density at radius 3 is 2.33 bits per heavy atom. The van der Waals surface area contributed by atoms with Gasteiger partial charge in [0.1, 0.15) is 10.0 Å². The minimum atomic E-state index is -3.85. The molecule has 2 fully saturated rings. The Kier molecular flexibility index (Phi) is 14.2. The van der Waals surface area contributed by atoms with Gasteiger partial charge in [0.25, 0.3) is 5.91 Å². The Hall–Kier alpha value is -3.85. The number of benzene rings is 2. The predicted octanol–water partition coefficient (Wildman–Crippen LogP) is 7.30. The molecule has 1 aromatic heterocycles. The van der Waals surface area contributed by atoms with Gasteiger partial charge in [-0.05, 0) is 62.9 Å². The van der Waals surface area contributed by atoms with Crippen LogP contribution in [0.15, 0.2) is 70.6 Å². The van der Waals surface area contributed by atoms with Gasteiger partial charge in [0, 0.05) is 43.4 Å². The number of para-hydroxylation sites is 1. The highest BCUT2D eigenvalue weighted by Gasteiger charge is 2.34. The molecular formula is C38H46N4O7S3. The van der Waals surface area contributed by atoms with Crippen LogP contribution in [0.2, 0.25) is 0 Å². The van der Waals surface area contributed by atoms with E-state index >= 15 is 0 Å². The third-order valence-electron chi connectivity index (χ3n) is 9.26. The van der Waals surface area contributed by atoms with Crippen LogP contribution in [-0.2, 0) is 29.1 Å². The Balaban J connectivity index is 1.29. The number of thiocarbonyl (C=S) groups is 1. The number of thioether (sulfide) groups is 1. The van der Waals surface area contributed by atoms with Gasteiger partial charge in [0.05, 0.1) is 28.0 Å². The average molecular weight is 767 g/mol. The number of aliphatic carboxylic acids is 1. The number of unbranched alkanes of at least 4 members (excludes halogenated alkanes) is 7. The fourth-order valence-electron chi connectivity index (χ4n) is 6.42. The van der Waals surface area contributed by atoms with Crippen molar-refractivity contribution in [2.24, 2.45) is 5.92 Å². The van der Waals surface area contributed by atoms with Crippen molar-refractivity contribution >= 4 is 62.2 Å². The molecule has 278 valence electrons. The molecule has 2 aromatic carbocycles. The van der Waals surface area contributed by atoms with Crippen LogP contribution in [0.1, 0.15) is 83.1 Å². The molecule has 2 saturated heterocycles. The molecule has 3 aromatic rings. The van der Waals surface area contributed by atoms with Crippen LogP contribution in [0.25, 0.3) is 23.0 Å². The van der Waals surface area contributed by atoms with E-state index in [9.17, 15) is 22.8 Å². The number of carboxylic acids is 1. The monoisotopic (exact) mass is 766 g/mol. The Labute approximate surface area is 315 Å². The van der Waals surface area contributed by atoms with Gasteiger partial charge in [0.2, 0.25) is 10.0 Å². The van der Waals surface area contributed by atoms with Crippen molar-refractivity contribution in [1.29, 1.82) is 0 Å². The minimum absolute atomic E-state index is 0.129. The van der Waals surface area contributed by atoms with Crippen molar-refractivity contribution in [2.75, 3.05) is 26.2 Å². The Morgan fingerprint density at radius 1 is 0.981 bits per heavy atom. The summed E-state index contributed by atoms with van der Waals surface area (Å²) in [5, 5.41) is 13.6. The molecule has 2 aliphatic rings. The highest BCUT2D eigenvalue weighted by molar-refractivity contribution is 8.26. The molecule has 0 saturated carbocycles. The van der Waals surface area contributed by atoms with E-state index in [-0.39, 0.29) is 42.2 Å². The number of sulfonamides is 1. The van der Waals surface area contributed by atoms with Crippen molar-refractivity contribution in [3.63, 3.8) is 0 Å². The van der Waals surface area contributed by atoms with E-state index in [1.165, 1.54) is 16.1 Å². The molecular weight excluding hydrogens is 721 g/mol. The van der Waals surface area contributed by atoms with Gasteiger partial charge in [-0.15, -0.1) is 0 Å². The van der Waals surface area contributed by atoms with E-state index in [4.69, 9.17) is 27.2 Å². The first-order valence-corrected chi connectivity index (χ1v) is 20.6. The fourth-order valence-corrected chi connectivity index (χ4v) is 9.23. The SMILES string of the molecule is CCOC(=O)C1CCN(S(=O)(=O)c2cccc(-c3nn(-c4ccccc4)cc3/C=C3\SC(=S)N(CCCCCCCCCCC(=O)O)C3=O)c2)CC1. The molecule has 0 spiro atoms. The summed E-state index contributed by atoms with van der Waals surface area (Å²) in [4.78, 5) is 38.7. The largest absolute Gasteiger partial charge is 0.481 e. The molecule has 14 heteroatoms. The third-order valence-corrected chi connectivity index (χ3v) is 12.5. The van der Waals surface area contributed by atoms with Gasteiger partial charge in [-0.3, -0.25) is 19.3 Å². The third kappa shape index (κ3) is 10.2. The number of aromatic nitrogens is 2. The van der Waals surface area contributed by atoms with Crippen LogP contribution in [0.3, 0.4) is 0 Å². The van der Waals surface area contributed by atoms with Gasteiger partial charge in [-0.25, -0.2) is 13.1 Å². The summed E-state index contributed by atoms with van der Waals surface area (Å²) in [5.41, 5.74) is 2.57. The number of nitrogens with zero attached hydrogens (tertiary/aromatic N) is 4. The molecule has 0 atom stereocenters. The normalized spacial score (nSPS) is 16.6. The lowest BCUT2D eigenvalue weighted by atomic mass is 9.98. The van der Waals surface area contributed by atoms with Gasteiger partial charge in [0.15, 0.2) is 0 Å². The lowest BCUT2D eigenvalue weighted by Gasteiger charge is -2.30. The predicted molar refractivity (Wildman–Crippen MR) is 206 cm³/mol. The lowest BCUT2D eigenvalue weighted by molar-refractivity contribution is -0.149. The van der Waals surface area contributed by atoms with E-state index < -0.39 is 16.0 Å². The summed E-state index contributed by atoms with van der Waals surface area (Å²) in [6.45, 7) is 3.03. The van der Waals surface area contributed by atoms with E-state index in [1.54, 1.807) is 40.8 Å². The van der Waals surface area contributed by atoms with E-state index in [1.807, 2.05) is 42.6 Å². The minimum Gasteiger partial charge on any atom is -0.481 e. The van der Waals surface area contributed by atoms with E-state index in [2.05, 4.69) is 0 Å². The highest BCUT2D eigenvalue weighted by Crippen LogP contribution is 2.36. The maximum Gasteiger partial charge on any atom is 0.309 e. The van der Waals surface area contributed by atoms with Crippen LogP contribution >= 0.6 is 24.0 Å². The molecule has 0 radical (unpaired) electrons. The van der Waals surface area contributed by atoms with Crippen molar-refractivity contribution < 1.29 is 32.6 Å². The summed E-state index contributed by atoms with van der Waals surface area (Å²) in [6, 6.07) is 16.2. The van der Waals surface area contributed by atoms with Crippen LogP contribution in [0, 0.1) is 5.92 Å². The highest BCUT2D eigenvalue weighted by atomic mass is 32.2. The number of ether oxygens (including phenoxy) is 1. The molecule has 0 bridgehead atoms. The van der Waals surface area contributed by atoms with Crippen LogP contribution < -0.4 is 0 Å². The van der Waals surface area contributed by atoms with Crippen molar-refractivity contribution in [1.82, 2.24) is 19.0 Å². The average Bonchev–Trinajstić information content (AvgIpc) is 3.68. The zero-order valence-corrected chi connectivity index (χ0v) is 31.9. The zero-order chi connectivity index (χ0) is 37.1. The molecule has 5 rings (SSSR count). The molecule has 52 heavy (non-hydrogen) atoms. The van der Waals surface area contributed by atoms with Gasteiger partial charge < -0.3 is 9.84 Å². The molecule has 2 aliphatic heterocycles. The van der Waals surface area contributed by atoms with E-state index in [0.29, 0.717) is 52.0 Å². The number of amides is 1. The molecule has 11 nitrogen and oxygen atoms in total. The standard InChI is InChI=1S/C38H46N4O7S3/c1-2-49-37(46)28-20-23-40(24-21-28)52(47,48)32-18-14-15-29(25-32)35-30(27-42(39-35)31-16-10-9-11-17-31)26-33-36(45)41(38(50)51-33)22-13-8-6-4-3-5-7-12-19-34(43)44/h9-11,14-18,25-28H,2-8,12-13,19-24H2,1H3,(H,43,44)/b33-26-. The number of carboxylic acid groups (broad SMARTS) is 1. The smallest absolute Gasteiger partial charge is 0.309 e. The summed E-state index contributed by atoms with van der Waals surface area (Å²) < 4.78 is 36.4. The summed E-state index contributed by atoms with van der Waals surface area (Å²) in [7, 11) is -3.85. The Bertz CT molecular complexity index is 1870. The number of piperidine rings is 1. The van der Waals surface area contributed by atoms with Crippen molar-refractivity contribution in [3.8, 4) is 16.9 Å². The molecule has 1 N–H and O–H groups in total. The Morgan fingerprint density at radius 2 is 1.65 bits per heavy atom. The van der Waals surface area contributed by atoms with Gasteiger partial charge in [-0.1, -0.05) is 92.8 Å². The number of carbonyl (C=O) groups is 3. The van der Waals surface area contributed by atoms with E-state index in [0.717, 1.165) is 57.1 Å². The van der Waals surface area contributed by atoms with Gasteiger partial charge in [-0.2, -0.15) is 9.40 Å². The second kappa shape index (κ2) is 18.8. The number of hydrogen-bond donors (Lipinski definition) is 1. The first kappa shape index (κ1) is 39.4. The topological polar surface area (TPSA) is 139 Å². The summed E-state index contributed by atoms with van der Waals surface area (Å²) in [5.74, 6) is -1.49. The first-order chi connectivity index (χ1) is 25.1. The number of hydrogen-bond acceptors (Lipinski definition) is 9. The second-order valence-corrected chi connectivity index (χ2v) is 16.6. The van der Waals surface area contributed by atoms with Crippen molar-refractivity contribution in [2.45, 2.75) is 82.4 Å². The summed E-state index contributed by atoms with van der Waals surface area (Å²) in [6.07, 6.45) is 12.4. The number of esters is 1. The fraction of sp³-hybridized carbons (Fsp3) is 0.447. The van der Waals surface area contributed by atoms with Gasteiger partial charge >= 0.3 is 11.9 Å². The maximum atomic E-state index is 13.8. The van der Waals surface area contributed by atoms with Crippen molar-refractivity contribution in [3.05, 3.63) is 71.3 Å². The summed E-state index contributed by atoms with van der Waals surface area (Å²) >= 11 is 6.87. The molecule has 0 unspecified atom stereocenters. The molecule has 0 aliphatic carbocycles.